The van der Waals surface area contributed by atoms with Crippen molar-refractivity contribution >= 4 is 5.97 Å². The first-order valence-electron chi connectivity index (χ1n) is 6.61. The van der Waals surface area contributed by atoms with Gasteiger partial charge in [0.25, 0.3) is 0 Å². The van der Waals surface area contributed by atoms with Crippen LogP contribution in [0.4, 0.5) is 0 Å². The highest BCUT2D eigenvalue weighted by Gasteiger charge is 2.21. The fourth-order valence-corrected chi connectivity index (χ4v) is 1.48. The van der Waals surface area contributed by atoms with Gasteiger partial charge in [-0.15, -0.1) is 0 Å². The highest BCUT2D eigenvalue weighted by atomic mass is 16.5. The van der Waals surface area contributed by atoms with Crippen LogP contribution in [0.3, 0.4) is 0 Å². The van der Waals surface area contributed by atoms with E-state index in [0.29, 0.717) is 18.0 Å². The van der Waals surface area contributed by atoms with Crippen molar-refractivity contribution in [3.63, 3.8) is 0 Å². The molecular formula is C15H24N2O2. The monoisotopic (exact) mass is 264 g/mol. The van der Waals surface area contributed by atoms with E-state index in [1.54, 1.807) is 12.3 Å². The number of nitrogens with zero attached hydrogens (tertiary/aromatic N) is 1. The zero-order valence-electron chi connectivity index (χ0n) is 12.5. The Labute approximate surface area is 115 Å². The first-order valence-corrected chi connectivity index (χ1v) is 6.61. The van der Waals surface area contributed by atoms with Crippen LogP contribution in [-0.4, -0.2) is 24.6 Å². The molecule has 1 aromatic heterocycles. The summed E-state index contributed by atoms with van der Waals surface area (Å²) in [6.07, 6.45) is 1.55. The van der Waals surface area contributed by atoms with Crippen molar-refractivity contribution in [3.8, 4) is 0 Å². The second-order valence-electron chi connectivity index (χ2n) is 5.78. The van der Waals surface area contributed by atoms with Crippen molar-refractivity contribution in [2.24, 2.45) is 11.3 Å². The molecule has 0 amide bonds. The number of methoxy groups -OCH3 is 1. The standard InChI is InChI=1S/C15H24N2O2/c1-11(2)15(3,4)10-16-9-13-7-6-12(8-17-13)14(18)19-5/h6-8,11,16H,9-10H2,1-5H3. The van der Waals surface area contributed by atoms with Crippen LogP contribution in [-0.2, 0) is 11.3 Å². The fourth-order valence-electron chi connectivity index (χ4n) is 1.48. The predicted octanol–water partition coefficient (Wildman–Crippen LogP) is 2.64. The summed E-state index contributed by atoms with van der Waals surface area (Å²) < 4.78 is 4.63. The molecule has 0 aliphatic rings. The van der Waals surface area contributed by atoms with E-state index in [1.165, 1.54) is 7.11 Å². The quantitative estimate of drug-likeness (QED) is 0.803. The van der Waals surface area contributed by atoms with Gasteiger partial charge < -0.3 is 10.1 Å². The second-order valence-corrected chi connectivity index (χ2v) is 5.78. The minimum absolute atomic E-state index is 0.256. The van der Waals surface area contributed by atoms with Crippen LogP contribution in [0.5, 0.6) is 0 Å². The largest absolute Gasteiger partial charge is 0.465 e. The normalized spacial score (nSPS) is 11.7. The second kappa shape index (κ2) is 6.66. The molecule has 0 unspecified atom stereocenters. The molecule has 1 rings (SSSR count). The first kappa shape index (κ1) is 15.6. The van der Waals surface area contributed by atoms with Gasteiger partial charge in [0.15, 0.2) is 0 Å². The summed E-state index contributed by atoms with van der Waals surface area (Å²) in [6.45, 7) is 10.6. The summed E-state index contributed by atoms with van der Waals surface area (Å²) in [5.41, 5.74) is 1.66. The summed E-state index contributed by atoms with van der Waals surface area (Å²) in [5, 5.41) is 3.41. The topological polar surface area (TPSA) is 51.2 Å². The number of carbonyl (C=O) groups is 1. The summed E-state index contributed by atoms with van der Waals surface area (Å²) in [4.78, 5) is 15.5. The number of pyridine rings is 1. The molecule has 0 saturated heterocycles. The van der Waals surface area contributed by atoms with E-state index in [-0.39, 0.29) is 11.4 Å². The van der Waals surface area contributed by atoms with E-state index in [2.05, 4.69) is 42.7 Å². The maximum Gasteiger partial charge on any atom is 0.339 e. The van der Waals surface area contributed by atoms with E-state index >= 15 is 0 Å². The van der Waals surface area contributed by atoms with Gasteiger partial charge in [0.05, 0.1) is 18.4 Å². The number of hydrogen-bond donors (Lipinski definition) is 1. The molecule has 0 fully saturated rings. The molecule has 0 bridgehead atoms. The van der Waals surface area contributed by atoms with Crippen molar-refractivity contribution in [1.82, 2.24) is 10.3 Å². The fraction of sp³-hybridized carbons (Fsp3) is 0.600. The summed E-state index contributed by atoms with van der Waals surface area (Å²) >= 11 is 0. The molecule has 0 aromatic carbocycles. The van der Waals surface area contributed by atoms with Crippen molar-refractivity contribution in [2.75, 3.05) is 13.7 Å². The first-order chi connectivity index (χ1) is 8.86. The molecule has 1 aromatic rings. The van der Waals surface area contributed by atoms with Gasteiger partial charge in [-0.3, -0.25) is 4.98 Å². The Balaban J connectivity index is 2.49. The number of hydrogen-bond acceptors (Lipinski definition) is 4. The van der Waals surface area contributed by atoms with Crippen LogP contribution < -0.4 is 5.32 Å². The van der Waals surface area contributed by atoms with Gasteiger partial charge in [-0.1, -0.05) is 27.7 Å². The molecule has 4 nitrogen and oxygen atoms in total. The SMILES string of the molecule is COC(=O)c1ccc(CNCC(C)(C)C(C)C)nc1. The summed E-state index contributed by atoms with van der Waals surface area (Å²) in [5.74, 6) is 0.266. The molecule has 1 N–H and O–H groups in total. The minimum Gasteiger partial charge on any atom is -0.465 e. The predicted molar refractivity (Wildman–Crippen MR) is 75.9 cm³/mol. The van der Waals surface area contributed by atoms with E-state index in [0.717, 1.165) is 12.2 Å². The van der Waals surface area contributed by atoms with Gasteiger partial charge in [0.2, 0.25) is 0 Å². The molecule has 1 heterocycles. The molecule has 4 heteroatoms. The molecule has 0 saturated carbocycles. The van der Waals surface area contributed by atoms with Gasteiger partial charge >= 0.3 is 5.97 Å². The number of nitrogens with one attached hydrogen (secondary N) is 1. The van der Waals surface area contributed by atoms with Crippen LogP contribution in [0.15, 0.2) is 18.3 Å². The Morgan fingerprint density at radius 3 is 2.58 bits per heavy atom. The maximum absolute atomic E-state index is 11.3. The third-order valence-corrected chi connectivity index (χ3v) is 3.70. The van der Waals surface area contributed by atoms with Crippen molar-refractivity contribution in [3.05, 3.63) is 29.6 Å². The van der Waals surface area contributed by atoms with Gasteiger partial charge in [0.1, 0.15) is 0 Å². The lowest BCUT2D eigenvalue weighted by Crippen LogP contribution is -2.33. The number of rotatable bonds is 6. The van der Waals surface area contributed by atoms with Gasteiger partial charge in [-0.05, 0) is 23.5 Å². The van der Waals surface area contributed by atoms with Crippen LogP contribution in [0, 0.1) is 11.3 Å². The Hall–Kier alpha value is -1.42. The number of esters is 1. The van der Waals surface area contributed by atoms with Crippen LogP contribution in [0.25, 0.3) is 0 Å². The van der Waals surface area contributed by atoms with Crippen LogP contribution >= 0.6 is 0 Å². The third-order valence-electron chi connectivity index (χ3n) is 3.70. The zero-order valence-corrected chi connectivity index (χ0v) is 12.5. The molecule has 0 atom stereocenters. The molecule has 19 heavy (non-hydrogen) atoms. The molecule has 106 valence electrons. The third kappa shape index (κ3) is 4.63. The lowest BCUT2D eigenvalue weighted by molar-refractivity contribution is 0.0600. The van der Waals surface area contributed by atoms with Crippen molar-refractivity contribution < 1.29 is 9.53 Å². The molecule has 0 aliphatic heterocycles. The van der Waals surface area contributed by atoms with E-state index in [1.807, 2.05) is 6.07 Å². The Kier molecular flexibility index (Phi) is 5.48. The van der Waals surface area contributed by atoms with Gasteiger partial charge in [-0.2, -0.15) is 0 Å². The lowest BCUT2D eigenvalue weighted by atomic mass is 9.81. The molecule has 0 radical (unpaired) electrons. The summed E-state index contributed by atoms with van der Waals surface area (Å²) in [6, 6.07) is 3.59. The zero-order chi connectivity index (χ0) is 14.5. The Morgan fingerprint density at radius 2 is 2.11 bits per heavy atom. The van der Waals surface area contributed by atoms with E-state index in [4.69, 9.17) is 0 Å². The molecule has 0 aliphatic carbocycles. The maximum atomic E-state index is 11.3. The van der Waals surface area contributed by atoms with Crippen molar-refractivity contribution in [2.45, 2.75) is 34.2 Å². The average Bonchev–Trinajstić information content (AvgIpc) is 2.38. The number of carbonyl (C=O) groups excluding carboxylic acids is 1. The Morgan fingerprint density at radius 1 is 1.42 bits per heavy atom. The van der Waals surface area contributed by atoms with Gasteiger partial charge in [0, 0.05) is 19.3 Å². The lowest BCUT2D eigenvalue weighted by Gasteiger charge is -2.29. The van der Waals surface area contributed by atoms with E-state index < -0.39 is 0 Å². The smallest absolute Gasteiger partial charge is 0.339 e. The highest BCUT2D eigenvalue weighted by molar-refractivity contribution is 5.88. The molecular weight excluding hydrogens is 240 g/mol. The average molecular weight is 264 g/mol. The Bertz CT molecular complexity index is 411. The van der Waals surface area contributed by atoms with Gasteiger partial charge in [-0.25, -0.2) is 4.79 Å². The van der Waals surface area contributed by atoms with Crippen molar-refractivity contribution in [1.29, 1.82) is 0 Å². The number of ether oxygens (including phenoxy) is 1. The number of aromatic nitrogens is 1. The van der Waals surface area contributed by atoms with E-state index in [9.17, 15) is 4.79 Å². The molecule has 0 spiro atoms. The summed E-state index contributed by atoms with van der Waals surface area (Å²) in [7, 11) is 1.37. The van der Waals surface area contributed by atoms with Crippen LogP contribution in [0.1, 0.15) is 43.7 Å². The highest BCUT2D eigenvalue weighted by Crippen LogP contribution is 2.24. The minimum atomic E-state index is -0.354. The van der Waals surface area contributed by atoms with Crippen LogP contribution in [0.2, 0.25) is 0 Å².